The van der Waals surface area contributed by atoms with Crippen molar-refractivity contribution in [3.8, 4) is 22.6 Å². The van der Waals surface area contributed by atoms with Gasteiger partial charge in [-0.2, -0.15) is 0 Å². The van der Waals surface area contributed by atoms with Gasteiger partial charge in [-0.25, -0.2) is 0 Å². The Morgan fingerprint density at radius 1 is 0.667 bits per heavy atom. The summed E-state index contributed by atoms with van der Waals surface area (Å²) >= 11 is 0. The molecule has 0 aromatic heterocycles. The van der Waals surface area contributed by atoms with Crippen LogP contribution in [0.5, 0.6) is 11.5 Å². The fourth-order valence-electron chi connectivity index (χ4n) is 2.90. The lowest BCUT2D eigenvalue weighted by Crippen LogP contribution is -2.00. The monoisotopic (exact) mass is 317 g/mol. The third-order valence-electron chi connectivity index (χ3n) is 4.65. The fourth-order valence-corrected chi connectivity index (χ4v) is 2.90. The molecule has 3 aromatic carbocycles. The maximum absolute atomic E-state index is 6.42. The molecule has 0 atom stereocenters. The highest BCUT2D eigenvalue weighted by Gasteiger charge is 2.15. The number of hydrogen-bond donors (Lipinski definition) is 1. The molecule has 0 unspecified atom stereocenters. The van der Waals surface area contributed by atoms with Gasteiger partial charge in [0.1, 0.15) is 11.5 Å². The number of para-hydroxylation sites is 1. The van der Waals surface area contributed by atoms with E-state index in [0.29, 0.717) is 0 Å². The molecular formula is C22H23NO. The highest BCUT2D eigenvalue weighted by molar-refractivity contribution is 5.83. The number of ether oxygens (including phenoxy) is 1. The van der Waals surface area contributed by atoms with Crippen molar-refractivity contribution in [2.24, 2.45) is 0 Å². The number of hydrogen-bond acceptors (Lipinski definition) is 2. The van der Waals surface area contributed by atoms with E-state index in [9.17, 15) is 0 Å². The first-order valence-corrected chi connectivity index (χ1v) is 8.18. The zero-order valence-corrected chi connectivity index (χ0v) is 14.7. The smallest absolute Gasteiger partial charge is 0.131 e. The lowest BCUT2D eigenvalue weighted by atomic mass is 9.94. The Kier molecular flexibility index (Phi) is 4.30. The quantitative estimate of drug-likeness (QED) is 0.605. The van der Waals surface area contributed by atoms with E-state index in [4.69, 9.17) is 10.5 Å². The van der Waals surface area contributed by atoms with Gasteiger partial charge >= 0.3 is 0 Å². The normalized spacial score (nSPS) is 10.7. The zero-order valence-electron chi connectivity index (χ0n) is 14.7. The average molecular weight is 317 g/mol. The first-order chi connectivity index (χ1) is 11.5. The van der Waals surface area contributed by atoms with Crippen LogP contribution in [0.2, 0.25) is 0 Å². The SMILES string of the molecule is Cc1ccccc1Oc1cc(-c2ccccc2C)c(N)c(C)c1C. The van der Waals surface area contributed by atoms with Crippen LogP contribution in [-0.4, -0.2) is 0 Å². The molecule has 3 rings (SSSR count). The molecule has 24 heavy (non-hydrogen) atoms. The molecule has 0 aliphatic rings. The molecule has 0 radical (unpaired) electrons. The minimum absolute atomic E-state index is 0.818. The lowest BCUT2D eigenvalue weighted by Gasteiger charge is -2.18. The molecular weight excluding hydrogens is 294 g/mol. The standard InChI is InChI=1S/C22H23NO/c1-14-9-5-7-11-18(14)19-13-21(16(3)17(4)22(19)23)24-20-12-8-6-10-15(20)2/h5-13H,23H2,1-4H3. The predicted octanol–water partition coefficient (Wildman–Crippen LogP) is 5.96. The average Bonchev–Trinajstić information content (AvgIpc) is 2.58. The fraction of sp³-hybridized carbons (Fsp3) is 0.182. The molecule has 0 saturated carbocycles. The maximum Gasteiger partial charge on any atom is 0.131 e. The number of benzene rings is 3. The summed E-state index contributed by atoms with van der Waals surface area (Å²) in [4.78, 5) is 0. The van der Waals surface area contributed by atoms with Gasteiger partial charge in [0, 0.05) is 11.3 Å². The Balaban J connectivity index is 2.15. The number of rotatable bonds is 3. The van der Waals surface area contributed by atoms with Gasteiger partial charge < -0.3 is 10.5 Å². The zero-order chi connectivity index (χ0) is 17.3. The van der Waals surface area contributed by atoms with Gasteiger partial charge in [-0.3, -0.25) is 0 Å². The van der Waals surface area contributed by atoms with Crippen LogP contribution in [0.25, 0.3) is 11.1 Å². The van der Waals surface area contributed by atoms with Gasteiger partial charge in [0.25, 0.3) is 0 Å². The van der Waals surface area contributed by atoms with E-state index in [1.807, 2.05) is 30.3 Å². The van der Waals surface area contributed by atoms with Crippen molar-refractivity contribution in [3.05, 3.63) is 76.9 Å². The van der Waals surface area contributed by atoms with Crippen molar-refractivity contribution < 1.29 is 4.74 Å². The summed E-state index contributed by atoms with van der Waals surface area (Å²) in [5, 5.41) is 0. The molecule has 122 valence electrons. The summed E-state index contributed by atoms with van der Waals surface area (Å²) in [5.74, 6) is 1.73. The summed E-state index contributed by atoms with van der Waals surface area (Å²) in [6, 6.07) is 18.4. The molecule has 0 fully saturated rings. The molecule has 0 bridgehead atoms. The van der Waals surface area contributed by atoms with E-state index < -0.39 is 0 Å². The Labute approximate surface area is 143 Å². The van der Waals surface area contributed by atoms with Crippen LogP contribution in [0.3, 0.4) is 0 Å². The molecule has 3 aromatic rings. The van der Waals surface area contributed by atoms with Crippen LogP contribution in [0, 0.1) is 27.7 Å². The van der Waals surface area contributed by atoms with Crippen molar-refractivity contribution in [1.82, 2.24) is 0 Å². The first kappa shape index (κ1) is 16.1. The molecule has 2 heteroatoms. The summed E-state index contributed by atoms with van der Waals surface area (Å²) in [7, 11) is 0. The second-order valence-electron chi connectivity index (χ2n) is 6.27. The second kappa shape index (κ2) is 6.40. The Morgan fingerprint density at radius 2 is 1.29 bits per heavy atom. The molecule has 0 aliphatic heterocycles. The van der Waals surface area contributed by atoms with Crippen molar-refractivity contribution in [2.75, 3.05) is 5.73 Å². The third kappa shape index (κ3) is 2.88. The minimum atomic E-state index is 0.818. The van der Waals surface area contributed by atoms with Gasteiger partial charge in [-0.15, -0.1) is 0 Å². The first-order valence-electron chi connectivity index (χ1n) is 8.18. The van der Waals surface area contributed by atoms with E-state index in [-0.39, 0.29) is 0 Å². The molecule has 0 amide bonds. The number of nitrogens with two attached hydrogens (primary N) is 1. The molecule has 2 N–H and O–H groups in total. The van der Waals surface area contributed by atoms with Gasteiger partial charge in [0.15, 0.2) is 0 Å². The largest absolute Gasteiger partial charge is 0.457 e. The second-order valence-corrected chi connectivity index (χ2v) is 6.27. The highest BCUT2D eigenvalue weighted by atomic mass is 16.5. The Hall–Kier alpha value is -2.74. The molecule has 0 heterocycles. The van der Waals surface area contributed by atoms with Crippen LogP contribution < -0.4 is 10.5 Å². The van der Waals surface area contributed by atoms with E-state index in [0.717, 1.165) is 45.0 Å². The predicted molar refractivity (Wildman–Crippen MR) is 102 cm³/mol. The van der Waals surface area contributed by atoms with E-state index in [1.165, 1.54) is 5.56 Å². The van der Waals surface area contributed by atoms with Crippen LogP contribution in [0.1, 0.15) is 22.3 Å². The van der Waals surface area contributed by atoms with E-state index >= 15 is 0 Å². The summed E-state index contributed by atoms with van der Waals surface area (Å²) < 4.78 is 6.22. The third-order valence-corrected chi connectivity index (χ3v) is 4.65. The van der Waals surface area contributed by atoms with Crippen LogP contribution in [-0.2, 0) is 0 Å². The topological polar surface area (TPSA) is 35.2 Å². The summed E-state index contributed by atoms with van der Waals surface area (Å²) in [5.41, 5.74) is 13.9. The van der Waals surface area contributed by atoms with Gasteiger partial charge in [-0.1, -0.05) is 42.5 Å². The minimum Gasteiger partial charge on any atom is -0.457 e. The van der Waals surface area contributed by atoms with Crippen LogP contribution in [0.4, 0.5) is 5.69 Å². The summed E-state index contributed by atoms with van der Waals surface area (Å²) in [6.07, 6.45) is 0. The molecule has 2 nitrogen and oxygen atoms in total. The van der Waals surface area contributed by atoms with Crippen molar-refractivity contribution in [3.63, 3.8) is 0 Å². The summed E-state index contributed by atoms with van der Waals surface area (Å²) in [6.45, 7) is 8.26. The number of nitrogen functional groups attached to an aromatic ring is 1. The van der Waals surface area contributed by atoms with E-state index in [1.54, 1.807) is 0 Å². The van der Waals surface area contributed by atoms with Gasteiger partial charge in [-0.05, 0) is 67.6 Å². The van der Waals surface area contributed by atoms with Gasteiger partial charge in [0.05, 0.1) is 0 Å². The lowest BCUT2D eigenvalue weighted by molar-refractivity contribution is 0.475. The Morgan fingerprint density at radius 3 is 1.96 bits per heavy atom. The van der Waals surface area contributed by atoms with Crippen molar-refractivity contribution in [2.45, 2.75) is 27.7 Å². The van der Waals surface area contributed by atoms with Crippen LogP contribution >= 0.6 is 0 Å². The van der Waals surface area contributed by atoms with Crippen molar-refractivity contribution >= 4 is 5.69 Å². The van der Waals surface area contributed by atoms with Crippen LogP contribution in [0.15, 0.2) is 54.6 Å². The highest BCUT2D eigenvalue weighted by Crippen LogP contribution is 2.39. The number of anilines is 1. The number of aryl methyl sites for hydroxylation is 2. The van der Waals surface area contributed by atoms with E-state index in [2.05, 4.69) is 52.0 Å². The van der Waals surface area contributed by atoms with Gasteiger partial charge in [0.2, 0.25) is 0 Å². The molecule has 0 spiro atoms. The Bertz CT molecular complexity index is 896. The molecule has 0 saturated heterocycles. The maximum atomic E-state index is 6.42. The van der Waals surface area contributed by atoms with Crippen molar-refractivity contribution in [1.29, 1.82) is 0 Å². The molecule has 0 aliphatic carbocycles.